The Hall–Kier alpha value is -1.07. The summed E-state index contributed by atoms with van der Waals surface area (Å²) in [5.74, 6) is -0.0534. The molecule has 98 valence electrons. The lowest BCUT2D eigenvalue weighted by Crippen LogP contribution is -2.41. The Labute approximate surface area is 115 Å². The third-order valence-electron chi connectivity index (χ3n) is 3.40. The van der Waals surface area contributed by atoms with Crippen molar-refractivity contribution in [3.63, 3.8) is 0 Å². The number of hydrogen-bond acceptors (Lipinski definition) is 3. The van der Waals surface area contributed by atoms with Crippen molar-refractivity contribution in [3.8, 4) is 0 Å². The number of carbonyl (C=O) groups is 1. The molecular weight excluding hydrogens is 296 g/mol. The zero-order chi connectivity index (χ0) is 13.3. The maximum absolute atomic E-state index is 12.4. The second kappa shape index (κ2) is 5.28. The van der Waals surface area contributed by atoms with E-state index in [0.29, 0.717) is 17.9 Å². The minimum absolute atomic E-state index is 0.0534. The Bertz CT molecular complexity index is 464. The highest BCUT2D eigenvalue weighted by Crippen LogP contribution is 2.24. The summed E-state index contributed by atoms with van der Waals surface area (Å²) in [5, 5.41) is 0. The first-order valence-corrected chi connectivity index (χ1v) is 6.74. The van der Waals surface area contributed by atoms with Gasteiger partial charge in [-0.3, -0.25) is 4.79 Å². The van der Waals surface area contributed by atoms with Crippen LogP contribution in [-0.4, -0.2) is 36.6 Å². The molecular formula is C13H17BrN2O2. The van der Waals surface area contributed by atoms with E-state index in [9.17, 15) is 4.79 Å². The number of hydrogen-bond donors (Lipinski definition) is 1. The van der Waals surface area contributed by atoms with Crippen molar-refractivity contribution in [3.05, 3.63) is 28.2 Å². The molecule has 0 radical (unpaired) electrons. The quantitative estimate of drug-likeness (QED) is 0.852. The minimum Gasteiger partial charge on any atom is -0.398 e. The van der Waals surface area contributed by atoms with Crippen LogP contribution in [0.5, 0.6) is 0 Å². The summed E-state index contributed by atoms with van der Waals surface area (Å²) in [7, 11) is 1.81. The normalized spacial score (nSPS) is 23.1. The van der Waals surface area contributed by atoms with Gasteiger partial charge in [0.1, 0.15) is 0 Å². The lowest BCUT2D eigenvalue weighted by atomic mass is 10.1. The van der Waals surface area contributed by atoms with Crippen molar-refractivity contribution >= 4 is 27.5 Å². The second-order valence-electron chi connectivity index (χ2n) is 4.58. The summed E-state index contributed by atoms with van der Waals surface area (Å²) < 4.78 is 6.36. The molecule has 0 bridgehead atoms. The molecule has 1 aliphatic heterocycles. The second-order valence-corrected chi connectivity index (χ2v) is 5.50. The van der Waals surface area contributed by atoms with Gasteiger partial charge in [-0.05, 0) is 31.5 Å². The van der Waals surface area contributed by atoms with Crippen LogP contribution in [0.1, 0.15) is 23.7 Å². The molecule has 2 atom stereocenters. The molecule has 2 unspecified atom stereocenters. The molecule has 5 heteroatoms. The van der Waals surface area contributed by atoms with E-state index in [1.807, 2.05) is 13.0 Å². The van der Waals surface area contributed by atoms with Gasteiger partial charge in [-0.15, -0.1) is 0 Å². The highest BCUT2D eigenvalue weighted by atomic mass is 79.9. The van der Waals surface area contributed by atoms with Crippen LogP contribution in [0.15, 0.2) is 22.7 Å². The number of rotatable bonds is 2. The van der Waals surface area contributed by atoms with Gasteiger partial charge in [-0.2, -0.15) is 0 Å². The summed E-state index contributed by atoms with van der Waals surface area (Å²) >= 11 is 3.33. The highest BCUT2D eigenvalue weighted by molar-refractivity contribution is 9.10. The number of anilines is 1. The monoisotopic (exact) mass is 312 g/mol. The maximum Gasteiger partial charge on any atom is 0.256 e. The van der Waals surface area contributed by atoms with Gasteiger partial charge < -0.3 is 15.4 Å². The fourth-order valence-corrected chi connectivity index (χ4v) is 2.68. The molecule has 1 fully saturated rings. The summed E-state index contributed by atoms with van der Waals surface area (Å²) in [5.41, 5.74) is 6.92. The summed E-state index contributed by atoms with van der Waals surface area (Å²) in [6, 6.07) is 5.45. The van der Waals surface area contributed by atoms with E-state index in [4.69, 9.17) is 10.5 Å². The molecule has 0 aliphatic carbocycles. The lowest BCUT2D eigenvalue weighted by molar-refractivity contribution is 0.0575. The van der Waals surface area contributed by atoms with Gasteiger partial charge in [-0.1, -0.05) is 15.9 Å². The number of likely N-dealkylation sites (N-methyl/N-ethyl adjacent to an activating group) is 1. The largest absolute Gasteiger partial charge is 0.398 e. The first kappa shape index (κ1) is 13.4. The van der Waals surface area contributed by atoms with Gasteiger partial charge in [0.05, 0.1) is 17.7 Å². The molecule has 0 saturated carbocycles. The minimum atomic E-state index is -0.0534. The summed E-state index contributed by atoms with van der Waals surface area (Å²) in [6.07, 6.45) is 0.954. The molecule has 1 heterocycles. The van der Waals surface area contributed by atoms with Crippen LogP contribution in [0.25, 0.3) is 0 Å². The van der Waals surface area contributed by atoms with Crippen LogP contribution in [0.3, 0.4) is 0 Å². The van der Waals surface area contributed by atoms with Crippen LogP contribution in [-0.2, 0) is 4.74 Å². The van der Waals surface area contributed by atoms with Crippen LogP contribution in [0, 0.1) is 0 Å². The fraction of sp³-hybridized carbons (Fsp3) is 0.462. The van der Waals surface area contributed by atoms with E-state index in [1.165, 1.54) is 0 Å². The van der Waals surface area contributed by atoms with Crippen molar-refractivity contribution in [1.29, 1.82) is 0 Å². The van der Waals surface area contributed by atoms with Crippen LogP contribution >= 0.6 is 15.9 Å². The molecule has 2 rings (SSSR count). The first-order valence-electron chi connectivity index (χ1n) is 5.94. The number of carbonyl (C=O) groups excluding carboxylic acids is 1. The SMILES string of the molecule is CC1OCCC1N(C)C(=O)c1ccc(Br)cc1N. The van der Waals surface area contributed by atoms with Crippen molar-refractivity contribution in [2.75, 3.05) is 19.4 Å². The predicted molar refractivity (Wildman–Crippen MR) is 74.5 cm³/mol. The van der Waals surface area contributed by atoms with Gasteiger partial charge in [0, 0.05) is 23.8 Å². The standard InChI is InChI=1S/C13H17BrN2O2/c1-8-12(5-6-18-8)16(2)13(17)10-4-3-9(14)7-11(10)15/h3-4,7-8,12H,5-6,15H2,1-2H3. The van der Waals surface area contributed by atoms with Crippen LogP contribution in [0.2, 0.25) is 0 Å². The molecule has 4 nitrogen and oxygen atoms in total. The summed E-state index contributed by atoms with van der Waals surface area (Å²) in [4.78, 5) is 14.1. The molecule has 1 aromatic carbocycles. The topological polar surface area (TPSA) is 55.6 Å². The average molecular weight is 313 g/mol. The average Bonchev–Trinajstić information content (AvgIpc) is 2.74. The van der Waals surface area contributed by atoms with E-state index >= 15 is 0 Å². The molecule has 1 saturated heterocycles. The zero-order valence-corrected chi connectivity index (χ0v) is 12.1. The van der Waals surface area contributed by atoms with E-state index in [0.717, 1.165) is 10.9 Å². The van der Waals surface area contributed by atoms with Gasteiger partial charge in [-0.25, -0.2) is 0 Å². The van der Waals surface area contributed by atoms with Crippen molar-refractivity contribution < 1.29 is 9.53 Å². The van der Waals surface area contributed by atoms with Crippen LogP contribution < -0.4 is 5.73 Å². The van der Waals surface area contributed by atoms with Gasteiger partial charge in [0.2, 0.25) is 0 Å². The number of nitrogen functional groups attached to an aromatic ring is 1. The van der Waals surface area contributed by atoms with E-state index in [2.05, 4.69) is 15.9 Å². The summed E-state index contributed by atoms with van der Waals surface area (Å²) in [6.45, 7) is 2.70. The maximum atomic E-state index is 12.4. The highest BCUT2D eigenvalue weighted by Gasteiger charge is 2.31. The zero-order valence-electron chi connectivity index (χ0n) is 10.5. The molecule has 2 N–H and O–H groups in total. The molecule has 1 amide bonds. The molecule has 1 aromatic rings. The smallest absolute Gasteiger partial charge is 0.256 e. The Kier molecular flexibility index (Phi) is 3.92. The van der Waals surface area contributed by atoms with Crippen molar-refractivity contribution in [2.45, 2.75) is 25.5 Å². The Balaban J connectivity index is 2.20. The van der Waals surface area contributed by atoms with Gasteiger partial charge in [0.25, 0.3) is 5.91 Å². The number of halogens is 1. The number of benzene rings is 1. The first-order chi connectivity index (χ1) is 8.50. The van der Waals surface area contributed by atoms with Crippen molar-refractivity contribution in [2.24, 2.45) is 0 Å². The van der Waals surface area contributed by atoms with E-state index < -0.39 is 0 Å². The Morgan fingerprint density at radius 1 is 1.56 bits per heavy atom. The molecule has 0 aromatic heterocycles. The lowest BCUT2D eigenvalue weighted by Gasteiger charge is -2.27. The third kappa shape index (κ3) is 2.52. The third-order valence-corrected chi connectivity index (χ3v) is 3.89. The number of amides is 1. The van der Waals surface area contributed by atoms with Crippen molar-refractivity contribution in [1.82, 2.24) is 4.90 Å². The van der Waals surface area contributed by atoms with E-state index in [1.54, 1.807) is 24.1 Å². The molecule has 1 aliphatic rings. The Morgan fingerprint density at radius 3 is 2.83 bits per heavy atom. The molecule has 0 spiro atoms. The number of nitrogens with two attached hydrogens (primary N) is 1. The Morgan fingerprint density at radius 2 is 2.28 bits per heavy atom. The van der Waals surface area contributed by atoms with Gasteiger partial charge in [0.15, 0.2) is 0 Å². The predicted octanol–water partition coefficient (Wildman–Crippen LogP) is 2.28. The van der Waals surface area contributed by atoms with E-state index in [-0.39, 0.29) is 18.1 Å². The fourth-order valence-electron chi connectivity index (χ4n) is 2.30. The van der Waals surface area contributed by atoms with Gasteiger partial charge >= 0.3 is 0 Å². The number of nitrogens with zero attached hydrogens (tertiary/aromatic N) is 1. The molecule has 18 heavy (non-hydrogen) atoms. The number of ether oxygens (including phenoxy) is 1. The van der Waals surface area contributed by atoms with Crippen LogP contribution in [0.4, 0.5) is 5.69 Å².